The summed E-state index contributed by atoms with van der Waals surface area (Å²) in [6.45, 7) is 7.48. The molecule has 0 saturated carbocycles. The van der Waals surface area contributed by atoms with E-state index in [0.29, 0.717) is 12.0 Å². The van der Waals surface area contributed by atoms with E-state index in [1.54, 1.807) is 14.2 Å². The van der Waals surface area contributed by atoms with Crippen molar-refractivity contribution < 1.29 is 23.7 Å². The maximum Gasteiger partial charge on any atom is 0.258 e. The summed E-state index contributed by atoms with van der Waals surface area (Å²) in [6, 6.07) is 25.5. The highest BCUT2D eigenvalue weighted by Gasteiger charge is 2.49. The first-order valence-electron chi connectivity index (χ1n) is 17.9. The molecule has 6 rings (SSSR count). The maximum atomic E-state index is 12.6. The summed E-state index contributed by atoms with van der Waals surface area (Å²) < 4.78 is 24.3. The molecule has 4 atom stereocenters. The van der Waals surface area contributed by atoms with Crippen LogP contribution >= 0.6 is 0 Å². The predicted octanol–water partition coefficient (Wildman–Crippen LogP) is 7.02. The molecule has 1 N–H and O–H groups in total. The number of piperidine rings is 1. The Kier molecular flexibility index (Phi) is 11.1. The molecule has 3 aromatic rings. The lowest BCUT2D eigenvalue weighted by Gasteiger charge is -2.48. The third kappa shape index (κ3) is 7.35. The monoisotopic (exact) mass is 657 g/mol. The van der Waals surface area contributed by atoms with E-state index in [4.69, 9.17) is 18.9 Å². The molecule has 47 heavy (non-hydrogen) atoms. The summed E-state index contributed by atoms with van der Waals surface area (Å²) in [5.74, 6) is 2.10. The Morgan fingerprint density at radius 1 is 0.894 bits per heavy atom. The third-order valence-electron chi connectivity index (χ3n) is 11.3. The normalized spacial score (nSPS) is 23.5. The molecule has 0 spiro atoms. The van der Waals surface area contributed by atoms with E-state index in [2.05, 4.69) is 79.4 Å². The molecular formula is C40H55NO5Si. The van der Waals surface area contributed by atoms with Gasteiger partial charge in [0.2, 0.25) is 0 Å². The van der Waals surface area contributed by atoms with Crippen molar-refractivity contribution in [2.45, 2.75) is 102 Å². The van der Waals surface area contributed by atoms with Crippen LogP contribution in [0.25, 0.3) is 0 Å². The van der Waals surface area contributed by atoms with Crippen LogP contribution in [0.4, 0.5) is 0 Å². The second-order valence-electron chi connectivity index (χ2n) is 14.6. The van der Waals surface area contributed by atoms with E-state index in [1.807, 2.05) is 12.1 Å². The van der Waals surface area contributed by atoms with Gasteiger partial charge >= 0.3 is 0 Å². The number of rotatable bonds is 13. The van der Waals surface area contributed by atoms with E-state index in [-0.39, 0.29) is 17.4 Å². The highest BCUT2D eigenvalue weighted by Crippen LogP contribution is 2.45. The number of fused-ring (bicyclic) bond motifs is 3. The molecule has 0 radical (unpaired) electrons. The fourth-order valence-electron chi connectivity index (χ4n) is 8.50. The van der Waals surface area contributed by atoms with Crippen molar-refractivity contribution in [3.05, 3.63) is 83.9 Å². The number of hydrogen-bond donors (Lipinski definition) is 1. The van der Waals surface area contributed by atoms with Gasteiger partial charge in [0.1, 0.15) is 0 Å². The molecule has 0 amide bonds. The van der Waals surface area contributed by atoms with Crippen molar-refractivity contribution in [2.75, 3.05) is 33.9 Å². The molecule has 3 aliphatic heterocycles. The van der Waals surface area contributed by atoms with Crippen LogP contribution in [-0.4, -0.2) is 64.3 Å². The summed E-state index contributed by atoms with van der Waals surface area (Å²) in [6.07, 6.45) is 11.0. The molecule has 7 heteroatoms. The molecule has 254 valence electrons. The molecular weight excluding hydrogens is 603 g/mol. The summed E-state index contributed by atoms with van der Waals surface area (Å²) in [4.78, 5) is 15.3. The lowest BCUT2D eigenvalue weighted by molar-refractivity contribution is -0.212. The van der Waals surface area contributed by atoms with E-state index in [1.165, 1.54) is 24.0 Å². The van der Waals surface area contributed by atoms with Crippen molar-refractivity contribution in [1.29, 1.82) is 0 Å². The fraction of sp³-hybridized carbons (Fsp3) is 0.550. The minimum atomic E-state index is -2.98. The lowest BCUT2D eigenvalue weighted by Crippen LogP contribution is -2.65. The van der Waals surface area contributed by atoms with Gasteiger partial charge in [0, 0.05) is 25.7 Å². The SMILES string of the molecule is COc1cc2c(cc1OC)[C@H]1C[C@@H](OC3CCCCO3)[C@H](CCCCCC(C)(C)[Si](O)(c3ccccc3)c3ccccc3)CN1CC2. The minimum absolute atomic E-state index is 0.0873. The first-order valence-corrected chi connectivity index (χ1v) is 19.9. The zero-order chi connectivity index (χ0) is 32.9. The molecule has 3 aliphatic rings. The number of ether oxygens (including phenoxy) is 4. The highest BCUT2D eigenvalue weighted by atomic mass is 28.4. The van der Waals surface area contributed by atoms with Gasteiger partial charge in [-0.05, 0) is 89.5 Å². The number of nitrogens with zero attached hydrogens (tertiary/aromatic N) is 1. The van der Waals surface area contributed by atoms with Gasteiger partial charge < -0.3 is 23.7 Å². The van der Waals surface area contributed by atoms with Gasteiger partial charge in [0.05, 0.1) is 20.3 Å². The van der Waals surface area contributed by atoms with Crippen molar-refractivity contribution in [2.24, 2.45) is 5.92 Å². The standard InChI is InChI=1S/C40H55NO5Si/c1-40(2,47(42,32-17-9-5-10-18-32)33-19-11-6-12-20-33)23-14-7-8-16-31-29-41-24-22-30-26-37(43-3)38(44-4)27-34(30)35(41)28-36(31)46-39-21-13-15-25-45-39/h5-6,9-12,17-20,26-27,31,35-36,39,42H,7-8,13-16,21-25,28-29H2,1-4H3/t31-,35-,36-,39?/m1/s1. The molecule has 0 aromatic heterocycles. The summed E-state index contributed by atoms with van der Waals surface area (Å²) in [7, 11) is 0.463. The van der Waals surface area contributed by atoms with Crippen molar-refractivity contribution in [3.8, 4) is 11.5 Å². The molecule has 3 aromatic carbocycles. The largest absolute Gasteiger partial charge is 0.493 e. The van der Waals surface area contributed by atoms with Crippen LogP contribution in [0.15, 0.2) is 72.8 Å². The number of unbranched alkanes of at least 4 members (excludes halogenated alkanes) is 2. The van der Waals surface area contributed by atoms with Crippen LogP contribution in [0.2, 0.25) is 5.04 Å². The predicted molar refractivity (Wildman–Crippen MR) is 191 cm³/mol. The molecule has 1 unspecified atom stereocenters. The third-order valence-corrected chi connectivity index (χ3v) is 15.8. The number of benzene rings is 3. The quantitative estimate of drug-likeness (QED) is 0.158. The van der Waals surface area contributed by atoms with E-state index < -0.39 is 8.32 Å². The molecule has 2 fully saturated rings. The van der Waals surface area contributed by atoms with Gasteiger partial charge in [-0.25, -0.2) is 0 Å². The minimum Gasteiger partial charge on any atom is -0.493 e. The number of hydrogen-bond acceptors (Lipinski definition) is 6. The van der Waals surface area contributed by atoms with Crippen LogP contribution in [0, 0.1) is 5.92 Å². The summed E-state index contributed by atoms with van der Waals surface area (Å²) in [5.41, 5.74) is 2.73. The first-order chi connectivity index (χ1) is 22.8. The Balaban J connectivity index is 1.12. The zero-order valence-electron chi connectivity index (χ0n) is 29.0. The lowest BCUT2D eigenvalue weighted by atomic mass is 9.79. The fourth-order valence-corrected chi connectivity index (χ4v) is 12.3. The van der Waals surface area contributed by atoms with Crippen molar-refractivity contribution >= 4 is 18.7 Å². The zero-order valence-corrected chi connectivity index (χ0v) is 30.0. The average Bonchev–Trinajstić information content (AvgIpc) is 3.11. The number of methoxy groups -OCH3 is 2. The topological polar surface area (TPSA) is 60.4 Å². The molecule has 0 aliphatic carbocycles. The summed E-state index contributed by atoms with van der Waals surface area (Å²) in [5, 5.41) is 1.98. The van der Waals surface area contributed by atoms with Gasteiger partial charge in [-0.3, -0.25) is 4.90 Å². The Morgan fingerprint density at radius 3 is 2.21 bits per heavy atom. The maximum absolute atomic E-state index is 12.6. The van der Waals surface area contributed by atoms with Crippen molar-refractivity contribution in [3.63, 3.8) is 0 Å². The van der Waals surface area contributed by atoms with Crippen molar-refractivity contribution in [1.82, 2.24) is 4.90 Å². The molecule has 2 saturated heterocycles. The Labute approximate surface area is 283 Å². The van der Waals surface area contributed by atoms with E-state index in [9.17, 15) is 4.80 Å². The molecule has 0 bridgehead atoms. The second kappa shape index (κ2) is 15.3. The van der Waals surface area contributed by atoms with Crippen LogP contribution in [0.1, 0.15) is 88.8 Å². The van der Waals surface area contributed by atoms with Crippen LogP contribution in [0.5, 0.6) is 11.5 Å². The van der Waals surface area contributed by atoms with Crippen LogP contribution in [-0.2, 0) is 15.9 Å². The van der Waals surface area contributed by atoms with Gasteiger partial charge in [-0.1, -0.05) is 93.8 Å². The second-order valence-corrected chi connectivity index (χ2v) is 18.5. The van der Waals surface area contributed by atoms with Crippen LogP contribution in [0.3, 0.4) is 0 Å². The first kappa shape index (κ1) is 34.2. The van der Waals surface area contributed by atoms with Gasteiger partial charge in [0.25, 0.3) is 8.32 Å². The van der Waals surface area contributed by atoms with Gasteiger partial charge in [0.15, 0.2) is 17.8 Å². The van der Waals surface area contributed by atoms with Gasteiger partial charge in [-0.15, -0.1) is 0 Å². The molecule has 6 nitrogen and oxygen atoms in total. The smallest absolute Gasteiger partial charge is 0.258 e. The average molecular weight is 658 g/mol. The van der Waals surface area contributed by atoms with Gasteiger partial charge in [-0.2, -0.15) is 0 Å². The van der Waals surface area contributed by atoms with Crippen LogP contribution < -0.4 is 19.8 Å². The summed E-state index contributed by atoms with van der Waals surface area (Å²) >= 11 is 0. The molecule has 3 heterocycles. The Bertz CT molecular complexity index is 1390. The van der Waals surface area contributed by atoms with E-state index >= 15 is 0 Å². The Hall–Kier alpha value is -2.68. The Morgan fingerprint density at radius 2 is 1.57 bits per heavy atom. The van der Waals surface area contributed by atoms with E-state index in [0.717, 1.165) is 92.9 Å². The highest BCUT2D eigenvalue weighted by molar-refractivity contribution is 6.98.